The lowest BCUT2D eigenvalue weighted by Crippen LogP contribution is -1.91. The Kier molecular flexibility index (Phi) is 3.02. The maximum atomic E-state index is 5.57. The van der Waals surface area contributed by atoms with Gasteiger partial charge in [-0.2, -0.15) is 4.98 Å². The Hall–Kier alpha value is -1.35. The van der Waals surface area contributed by atoms with Crippen molar-refractivity contribution >= 4 is 11.6 Å². The molecule has 4 heteroatoms. The van der Waals surface area contributed by atoms with Gasteiger partial charge in [-0.25, -0.2) is 0 Å². The quantitative estimate of drug-likeness (QED) is 0.750. The molecule has 0 fully saturated rings. The van der Waals surface area contributed by atoms with Crippen LogP contribution in [-0.4, -0.2) is 10.1 Å². The normalized spacial score (nSPS) is 10.5. The van der Waals surface area contributed by atoms with Crippen LogP contribution in [0, 0.1) is 6.92 Å². The van der Waals surface area contributed by atoms with Crippen molar-refractivity contribution in [2.24, 2.45) is 0 Å². The van der Waals surface area contributed by atoms with Crippen molar-refractivity contribution in [2.75, 3.05) is 0 Å². The molecule has 0 spiro atoms. The lowest BCUT2D eigenvalue weighted by Gasteiger charge is -1.97. The first-order chi connectivity index (χ1) is 7.28. The number of hydrogen-bond donors (Lipinski definition) is 0. The van der Waals surface area contributed by atoms with Gasteiger partial charge < -0.3 is 4.52 Å². The zero-order valence-corrected chi connectivity index (χ0v) is 9.16. The van der Waals surface area contributed by atoms with Crippen molar-refractivity contribution in [1.82, 2.24) is 10.1 Å². The van der Waals surface area contributed by atoms with Crippen LogP contribution in [0.4, 0.5) is 0 Å². The molecule has 0 atom stereocenters. The van der Waals surface area contributed by atoms with Gasteiger partial charge in [-0.1, -0.05) is 35.0 Å². The number of halogens is 1. The van der Waals surface area contributed by atoms with Crippen LogP contribution in [0.15, 0.2) is 28.8 Å². The Morgan fingerprint density at radius 1 is 1.40 bits per heavy atom. The summed E-state index contributed by atoms with van der Waals surface area (Å²) in [4.78, 5) is 4.14. The van der Waals surface area contributed by atoms with Crippen LogP contribution in [0.5, 0.6) is 0 Å². The minimum absolute atomic E-state index is 0.265. The molecule has 3 nitrogen and oxygen atoms in total. The van der Waals surface area contributed by atoms with Crippen LogP contribution in [-0.2, 0) is 12.3 Å². The first-order valence-electron chi connectivity index (χ1n) is 4.71. The van der Waals surface area contributed by atoms with Gasteiger partial charge in [0.1, 0.15) is 5.88 Å². The fourth-order valence-electron chi connectivity index (χ4n) is 1.42. The highest BCUT2D eigenvalue weighted by Gasteiger charge is 2.05. The van der Waals surface area contributed by atoms with E-state index in [2.05, 4.69) is 29.2 Å². The average Bonchev–Trinajstić information content (AvgIpc) is 2.65. The average molecular weight is 223 g/mol. The summed E-state index contributed by atoms with van der Waals surface area (Å²) >= 11 is 5.57. The van der Waals surface area contributed by atoms with Gasteiger partial charge in [0, 0.05) is 6.42 Å². The number of aromatic nitrogens is 2. The molecule has 78 valence electrons. The molecule has 2 aromatic rings. The van der Waals surface area contributed by atoms with Gasteiger partial charge in [-0.3, -0.25) is 0 Å². The molecule has 1 aromatic heterocycles. The largest absolute Gasteiger partial charge is 0.338 e. The predicted octanol–water partition coefficient (Wildman–Crippen LogP) is 2.71. The van der Waals surface area contributed by atoms with Crippen LogP contribution in [0.1, 0.15) is 22.8 Å². The lowest BCUT2D eigenvalue weighted by molar-refractivity contribution is 0.385. The number of hydrogen-bond acceptors (Lipinski definition) is 3. The molecule has 2 rings (SSSR count). The molecule has 0 N–H and O–H groups in total. The van der Waals surface area contributed by atoms with Gasteiger partial charge in [0.15, 0.2) is 5.82 Å². The van der Waals surface area contributed by atoms with Gasteiger partial charge in [-0.05, 0) is 12.5 Å². The fraction of sp³-hybridized carbons (Fsp3) is 0.273. The molecule has 0 aliphatic carbocycles. The molecule has 0 saturated heterocycles. The zero-order chi connectivity index (χ0) is 10.7. The van der Waals surface area contributed by atoms with Crippen molar-refractivity contribution < 1.29 is 4.52 Å². The number of rotatable bonds is 3. The standard InChI is InChI=1S/C11H11ClN2O/c1-8-3-2-4-9(5-8)6-10-13-11(7-12)15-14-10/h2-5H,6-7H2,1H3. The van der Waals surface area contributed by atoms with Crippen molar-refractivity contribution in [2.45, 2.75) is 19.2 Å². The topological polar surface area (TPSA) is 38.9 Å². The van der Waals surface area contributed by atoms with Crippen LogP contribution in [0.25, 0.3) is 0 Å². The molecule has 15 heavy (non-hydrogen) atoms. The molecule has 0 amide bonds. The van der Waals surface area contributed by atoms with E-state index in [4.69, 9.17) is 16.1 Å². The van der Waals surface area contributed by atoms with Gasteiger partial charge in [0.05, 0.1) is 0 Å². The van der Waals surface area contributed by atoms with E-state index in [0.717, 1.165) is 0 Å². The monoisotopic (exact) mass is 222 g/mol. The summed E-state index contributed by atoms with van der Waals surface area (Å²) in [7, 11) is 0. The Labute approximate surface area is 93.1 Å². The number of nitrogens with zero attached hydrogens (tertiary/aromatic N) is 2. The molecular weight excluding hydrogens is 212 g/mol. The maximum absolute atomic E-state index is 5.57. The van der Waals surface area contributed by atoms with Gasteiger partial charge >= 0.3 is 0 Å². The minimum Gasteiger partial charge on any atom is -0.338 e. The summed E-state index contributed by atoms with van der Waals surface area (Å²) in [6, 6.07) is 8.23. The third-order valence-electron chi connectivity index (χ3n) is 2.07. The first kappa shape index (κ1) is 10.2. The molecule has 0 aliphatic rings. The van der Waals surface area contributed by atoms with E-state index >= 15 is 0 Å². The van der Waals surface area contributed by atoms with Crippen molar-refractivity contribution in [3.8, 4) is 0 Å². The summed E-state index contributed by atoms with van der Waals surface area (Å²) in [6.07, 6.45) is 0.683. The Morgan fingerprint density at radius 2 is 2.27 bits per heavy atom. The Morgan fingerprint density at radius 3 is 2.93 bits per heavy atom. The van der Waals surface area contributed by atoms with Crippen LogP contribution in [0.3, 0.4) is 0 Å². The fourth-order valence-corrected chi connectivity index (χ4v) is 1.53. The van der Waals surface area contributed by atoms with E-state index in [1.54, 1.807) is 0 Å². The lowest BCUT2D eigenvalue weighted by atomic mass is 10.1. The molecule has 1 heterocycles. The second kappa shape index (κ2) is 4.45. The van der Waals surface area contributed by atoms with E-state index in [1.807, 2.05) is 12.1 Å². The SMILES string of the molecule is Cc1cccc(Cc2noc(CCl)n2)c1. The maximum Gasteiger partial charge on any atom is 0.241 e. The summed E-state index contributed by atoms with van der Waals surface area (Å²) in [6.45, 7) is 2.06. The smallest absolute Gasteiger partial charge is 0.241 e. The van der Waals surface area contributed by atoms with E-state index in [9.17, 15) is 0 Å². The second-order valence-electron chi connectivity index (χ2n) is 3.40. The molecule has 0 bridgehead atoms. The third-order valence-corrected chi connectivity index (χ3v) is 2.30. The molecule has 0 saturated carbocycles. The molecule has 0 radical (unpaired) electrons. The molecule has 0 aliphatic heterocycles. The van der Waals surface area contributed by atoms with Gasteiger partial charge in [-0.15, -0.1) is 11.6 Å². The number of aryl methyl sites for hydroxylation is 1. The third kappa shape index (κ3) is 2.57. The summed E-state index contributed by atoms with van der Waals surface area (Å²) < 4.78 is 4.92. The molecular formula is C11H11ClN2O. The zero-order valence-electron chi connectivity index (χ0n) is 8.40. The second-order valence-corrected chi connectivity index (χ2v) is 3.67. The minimum atomic E-state index is 0.265. The number of benzene rings is 1. The van der Waals surface area contributed by atoms with E-state index < -0.39 is 0 Å². The summed E-state index contributed by atoms with van der Waals surface area (Å²) in [5, 5.41) is 3.84. The Balaban J connectivity index is 2.14. The number of alkyl halides is 1. The van der Waals surface area contributed by atoms with Gasteiger partial charge in [0.2, 0.25) is 5.89 Å². The van der Waals surface area contributed by atoms with Crippen LogP contribution in [0.2, 0.25) is 0 Å². The Bertz CT molecular complexity index is 453. The van der Waals surface area contributed by atoms with Gasteiger partial charge in [0.25, 0.3) is 0 Å². The van der Waals surface area contributed by atoms with Crippen molar-refractivity contribution in [3.05, 3.63) is 47.1 Å². The van der Waals surface area contributed by atoms with Crippen LogP contribution >= 0.6 is 11.6 Å². The van der Waals surface area contributed by atoms with Crippen molar-refractivity contribution in [1.29, 1.82) is 0 Å². The molecule has 1 aromatic carbocycles. The highest BCUT2D eigenvalue weighted by molar-refractivity contribution is 6.16. The van der Waals surface area contributed by atoms with E-state index in [1.165, 1.54) is 11.1 Å². The molecule has 0 unspecified atom stereocenters. The van der Waals surface area contributed by atoms with Crippen LogP contribution < -0.4 is 0 Å². The van der Waals surface area contributed by atoms with E-state index in [-0.39, 0.29) is 5.88 Å². The highest BCUT2D eigenvalue weighted by atomic mass is 35.5. The summed E-state index contributed by atoms with van der Waals surface area (Å²) in [5.74, 6) is 1.41. The first-order valence-corrected chi connectivity index (χ1v) is 5.24. The highest BCUT2D eigenvalue weighted by Crippen LogP contribution is 2.09. The van der Waals surface area contributed by atoms with E-state index in [0.29, 0.717) is 18.1 Å². The predicted molar refractivity (Wildman–Crippen MR) is 57.8 cm³/mol. The summed E-state index contributed by atoms with van der Waals surface area (Å²) in [5.41, 5.74) is 2.41. The van der Waals surface area contributed by atoms with Crippen molar-refractivity contribution in [3.63, 3.8) is 0 Å².